The second kappa shape index (κ2) is 6.32. The van der Waals surface area contributed by atoms with Crippen molar-refractivity contribution in [2.45, 2.75) is 25.8 Å². The number of para-hydroxylation sites is 1. The minimum Gasteiger partial charge on any atom is -0.334 e. The number of carbonyl (C=O) groups excluding carboxylic acids is 1. The SMILES string of the molecule is CC1CCCN(C(=O)c2cnn(-c3ccccc3)c2)C1CN. The molecule has 22 heavy (non-hydrogen) atoms. The second-order valence-electron chi connectivity index (χ2n) is 5.93. The largest absolute Gasteiger partial charge is 0.334 e. The van der Waals surface area contributed by atoms with Crippen molar-refractivity contribution >= 4 is 5.91 Å². The zero-order valence-corrected chi connectivity index (χ0v) is 12.9. The highest BCUT2D eigenvalue weighted by Crippen LogP contribution is 2.24. The molecular weight excluding hydrogens is 276 g/mol. The molecule has 1 aliphatic rings. The maximum atomic E-state index is 12.8. The van der Waals surface area contributed by atoms with Crippen LogP contribution < -0.4 is 5.73 Å². The van der Waals surface area contributed by atoms with E-state index in [9.17, 15) is 4.79 Å². The van der Waals surface area contributed by atoms with Crippen LogP contribution in [0.5, 0.6) is 0 Å². The highest BCUT2D eigenvalue weighted by Gasteiger charge is 2.31. The smallest absolute Gasteiger partial charge is 0.257 e. The molecule has 0 aliphatic carbocycles. The van der Waals surface area contributed by atoms with Crippen molar-refractivity contribution in [2.75, 3.05) is 13.1 Å². The molecule has 0 radical (unpaired) electrons. The van der Waals surface area contributed by atoms with Crippen molar-refractivity contribution in [1.29, 1.82) is 0 Å². The van der Waals surface area contributed by atoms with E-state index in [0.717, 1.165) is 25.1 Å². The minimum atomic E-state index is 0.0316. The van der Waals surface area contributed by atoms with Gasteiger partial charge in [0.15, 0.2) is 0 Å². The molecule has 1 fully saturated rings. The van der Waals surface area contributed by atoms with Crippen LogP contribution in [0.4, 0.5) is 0 Å². The monoisotopic (exact) mass is 298 g/mol. The predicted molar refractivity (Wildman–Crippen MR) is 85.8 cm³/mol. The lowest BCUT2D eigenvalue weighted by Crippen LogP contribution is -2.51. The van der Waals surface area contributed by atoms with Gasteiger partial charge in [-0.1, -0.05) is 25.1 Å². The Labute approximate surface area is 130 Å². The molecule has 3 rings (SSSR count). The molecular formula is C17H22N4O. The first-order valence-corrected chi connectivity index (χ1v) is 7.82. The number of nitrogens with two attached hydrogens (primary N) is 1. The Morgan fingerprint density at radius 2 is 2.14 bits per heavy atom. The molecule has 2 atom stereocenters. The molecule has 1 aromatic heterocycles. The summed E-state index contributed by atoms with van der Waals surface area (Å²) in [5.74, 6) is 0.482. The Balaban J connectivity index is 1.82. The lowest BCUT2D eigenvalue weighted by molar-refractivity contribution is 0.0532. The van der Waals surface area contributed by atoms with Gasteiger partial charge in [0.05, 0.1) is 17.4 Å². The molecule has 1 saturated heterocycles. The van der Waals surface area contributed by atoms with Crippen LogP contribution in [0.25, 0.3) is 5.69 Å². The number of aromatic nitrogens is 2. The zero-order valence-electron chi connectivity index (χ0n) is 12.9. The van der Waals surface area contributed by atoms with Crippen LogP contribution in [-0.2, 0) is 0 Å². The van der Waals surface area contributed by atoms with E-state index in [1.54, 1.807) is 17.1 Å². The molecule has 5 heteroatoms. The Hall–Kier alpha value is -2.14. The summed E-state index contributed by atoms with van der Waals surface area (Å²) < 4.78 is 1.73. The number of carbonyl (C=O) groups is 1. The van der Waals surface area contributed by atoms with Gasteiger partial charge in [-0.15, -0.1) is 0 Å². The summed E-state index contributed by atoms with van der Waals surface area (Å²) in [5, 5.41) is 4.31. The summed E-state index contributed by atoms with van der Waals surface area (Å²) in [5.41, 5.74) is 7.45. The molecule has 116 valence electrons. The van der Waals surface area contributed by atoms with Crippen molar-refractivity contribution < 1.29 is 4.79 Å². The molecule has 1 aliphatic heterocycles. The van der Waals surface area contributed by atoms with Crippen molar-refractivity contribution in [3.63, 3.8) is 0 Å². The lowest BCUT2D eigenvalue weighted by Gasteiger charge is -2.39. The van der Waals surface area contributed by atoms with Crippen LogP contribution in [-0.4, -0.2) is 39.7 Å². The van der Waals surface area contributed by atoms with Crippen molar-refractivity contribution in [1.82, 2.24) is 14.7 Å². The minimum absolute atomic E-state index is 0.0316. The Bertz CT molecular complexity index is 637. The first-order valence-electron chi connectivity index (χ1n) is 7.82. The van der Waals surface area contributed by atoms with E-state index in [2.05, 4.69) is 12.0 Å². The Morgan fingerprint density at radius 3 is 2.86 bits per heavy atom. The van der Waals surface area contributed by atoms with Gasteiger partial charge in [-0.3, -0.25) is 4.79 Å². The van der Waals surface area contributed by atoms with Crippen LogP contribution in [0.2, 0.25) is 0 Å². The van der Waals surface area contributed by atoms with E-state index in [0.29, 0.717) is 18.0 Å². The van der Waals surface area contributed by atoms with Gasteiger partial charge < -0.3 is 10.6 Å². The van der Waals surface area contributed by atoms with E-state index < -0.39 is 0 Å². The van der Waals surface area contributed by atoms with E-state index in [4.69, 9.17) is 5.73 Å². The van der Waals surface area contributed by atoms with E-state index in [1.807, 2.05) is 35.2 Å². The van der Waals surface area contributed by atoms with Gasteiger partial charge in [0.25, 0.3) is 5.91 Å². The van der Waals surface area contributed by atoms with E-state index >= 15 is 0 Å². The number of hydrogen-bond donors (Lipinski definition) is 1. The fourth-order valence-electron chi connectivity index (χ4n) is 3.18. The average Bonchev–Trinajstić information content (AvgIpc) is 3.05. The second-order valence-corrected chi connectivity index (χ2v) is 5.93. The van der Waals surface area contributed by atoms with Crippen LogP contribution in [0.1, 0.15) is 30.1 Å². The molecule has 0 saturated carbocycles. The number of benzene rings is 1. The quantitative estimate of drug-likeness (QED) is 0.943. The van der Waals surface area contributed by atoms with Gasteiger partial charge >= 0.3 is 0 Å². The number of piperidine rings is 1. The van der Waals surface area contributed by atoms with E-state index in [1.165, 1.54) is 0 Å². The third-order valence-corrected chi connectivity index (χ3v) is 4.47. The summed E-state index contributed by atoms with van der Waals surface area (Å²) in [4.78, 5) is 14.7. The first-order chi connectivity index (χ1) is 10.7. The topological polar surface area (TPSA) is 64.2 Å². The Kier molecular flexibility index (Phi) is 4.24. The highest BCUT2D eigenvalue weighted by atomic mass is 16.2. The fourth-order valence-corrected chi connectivity index (χ4v) is 3.18. The Morgan fingerprint density at radius 1 is 1.36 bits per heavy atom. The maximum Gasteiger partial charge on any atom is 0.257 e. The van der Waals surface area contributed by atoms with Crippen molar-refractivity contribution in [2.24, 2.45) is 11.7 Å². The van der Waals surface area contributed by atoms with Gasteiger partial charge in [0.1, 0.15) is 0 Å². The average molecular weight is 298 g/mol. The van der Waals surface area contributed by atoms with Gasteiger partial charge in [0.2, 0.25) is 0 Å². The number of likely N-dealkylation sites (tertiary alicyclic amines) is 1. The highest BCUT2D eigenvalue weighted by molar-refractivity contribution is 5.94. The molecule has 0 spiro atoms. The maximum absolute atomic E-state index is 12.8. The van der Waals surface area contributed by atoms with Crippen molar-refractivity contribution in [3.05, 3.63) is 48.3 Å². The van der Waals surface area contributed by atoms with Gasteiger partial charge in [-0.05, 0) is 30.9 Å². The molecule has 1 aromatic carbocycles. The lowest BCUT2D eigenvalue weighted by atomic mass is 9.90. The van der Waals surface area contributed by atoms with E-state index in [-0.39, 0.29) is 11.9 Å². The molecule has 0 bridgehead atoms. The third-order valence-electron chi connectivity index (χ3n) is 4.47. The van der Waals surface area contributed by atoms with Gasteiger partial charge in [-0.25, -0.2) is 4.68 Å². The zero-order chi connectivity index (χ0) is 15.5. The summed E-state index contributed by atoms with van der Waals surface area (Å²) in [6.45, 7) is 3.46. The fraction of sp³-hybridized carbons (Fsp3) is 0.412. The summed E-state index contributed by atoms with van der Waals surface area (Å²) in [7, 11) is 0. The molecule has 2 heterocycles. The normalized spacial score (nSPS) is 21.8. The number of rotatable bonds is 3. The molecule has 2 unspecified atom stereocenters. The molecule has 1 amide bonds. The number of nitrogens with zero attached hydrogens (tertiary/aromatic N) is 3. The van der Waals surface area contributed by atoms with Crippen LogP contribution >= 0.6 is 0 Å². The molecule has 2 N–H and O–H groups in total. The van der Waals surface area contributed by atoms with Crippen LogP contribution in [0.15, 0.2) is 42.7 Å². The van der Waals surface area contributed by atoms with Crippen LogP contribution in [0, 0.1) is 5.92 Å². The van der Waals surface area contributed by atoms with Crippen molar-refractivity contribution in [3.8, 4) is 5.69 Å². The standard InChI is InChI=1S/C17H22N4O/c1-13-6-5-9-20(16(13)10-18)17(22)14-11-19-21(12-14)15-7-3-2-4-8-15/h2-4,7-8,11-13,16H,5-6,9-10,18H2,1H3. The first kappa shape index (κ1) is 14.8. The van der Waals surface area contributed by atoms with Crippen LogP contribution in [0.3, 0.4) is 0 Å². The summed E-state index contributed by atoms with van der Waals surface area (Å²) in [6, 6.07) is 9.92. The molecule has 5 nitrogen and oxygen atoms in total. The van der Waals surface area contributed by atoms with Gasteiger partial charge in [0, 0.05) is 25.3 Å². The molecule has 2 aromatic rings. The number of amides is 1. The number of hydrogen-bond acceptors (Lipinski definition) is 3. The summed E-state index contributed by atoms with van der Waals surface area (Å²) in [6.07, 6.45) is 5.61. The predicted octanol–water partition coefficient (Wildman–Crippen LogP) is 2.07. The van der Waals surface area contributed by atoms with Gasteiger partial charge in [-0.2, -0.15) is 5.10 Å². The third kappa shape index (κ3) is 2.76. The summed E-state index contributed by atoms with van der Waals surface area (Å²) >= 11 is 0.